The van der Waals surface area contributed by atoms with Crippen LogP contribution in [0.3, 0.4) is 0 Å². The zero-order valence-corrected chi connectivity index (χ0v) is 16.3. The highest BCUT2D eigenvalue weighted by atomic mass is 32.3. The maximum absolute atomic E-state index is 12.2. The Hall–Kier alpha value is -2.99. The lowest BCUT2D eigenvalue weighted by Gasteiger charge is -2.17. The van der Waals surface area contributed by atoms with Crippen LogP contribution in [-0.2, 0) is 29.2 Å². The Balaban J connectivity index is 1.81. The molecule has 2 aromatic carbocycles. The van der Waals surface area contributed by atoms with Crippen molar-refractivity contribution in [3.05, 3.63) is 90.8 Å². The smallest absolute Gasteiger partial charge is 0.362 e. The summed E-state index contributed by atoms with van der Waals surface area (Å²) in [5.41, 5.74) is -0.132. The van der Waals surface area contributed by atoms with E-state index in [2.05, 4.69) is 4.98 Å². The van der Waals surface area contributed by atoms with E-state index >= 15 is 0 Å². The van der Waals surface area contributed by atoms with Gasteiger partial charge in [-0.2, -0.15) is 25.2 Å². The van der Waals surface area contributed by atoms with Gasteiger partial charge in [-0.3, -0.25) is 4.98 Å². The van der Waals surface area contributed by atoms with Crippen molar-refractivity contribution < 1.29 is 33.6 Å². The lowest BCUT2D eigenvalue weighted by Crippen LogP contribution is -2.24. The summed E-state index contributed by atoms with van der Waals surface area (Å²) >= 11 is 0. The van der Waals surface area contributed by atoms with E-state index in [1.807, 2.05) is 0 Å². The largest absolute Gasteiger partial charge is 0.451 e. The van der Waals surface area contributed by atoms with Crippen LogP contribution < -0.4 is 8.37 Å². The summed E-state index contributed by atoms with van der Waals surface area (Å²) < 4.78 is 68.2. The van der Waals surface area contributed by atoms with E-state index in [0.29, 0.717) is 0 Å². The SMILES string of the molecule is O=S(=O)(Oc1ccccc1)OC(OS(=O)(=O)Oc1ccccc1)c1ccccn1. The van der Waals surface area contributed by atoms with Crippen molar-refractivity contribution in [1.29, 1.82) is 0 Å². The molecule has 0 radical (unpaired) electrons. The molecule has 0 unspecified atom stereocenters. The van der Waals surface area contributed by atoms with Gasteiger partial charge < -0.3 is 8.37 Å². The van der Waals surface area contributed by atoms with Gasteiger partial charge in [-0.1, -0.05) is 42.5 Å². The van der Waals surface area contributed by atoms with E-state index in [4.69, 9.17) is 16.7 Å². The van der Waals surface area contributed by atoms with Crippen LogP contribution in [-0.4, -0.2) is 21.8 Å². The van der Waals surface area contributed by atoms with Crippen molar-refractivity contribution in [3.63, 3.8) is 0 Å². The number of pyridine rings is 1. The third kappa shape index (κ3) is 6.54. The van der Waals surface area contributed by atoms with Crippen molar-refractivity contribution in [2.45, 2.75) is 6.29 Å². The van der Waals surface area contributed by atoms with Crippen molar-refractivity contribution in [2.24, 2.45) is 0 Å². The number of para-hydroxylation sites is 2. The molecule has 0 atom stereocenters. The number of aromatic nitrogens is 1. The second-order valence-corrected chi connectivity index (χ2v) is 7.74. The van der Waals surface area contributed by atoms with Crippen molar-refractivity contribution in [1.82, 2.24) is 4.98 Å². The molecule has 1 aromatic heterocycles. The average molecular weight is 437 g/mol. The Kier molecular flexibility index (Phi) is 6.44. The molecule has 0 saturated carbocycles. The minimum Gasteiger partial charge on any atom is -0.362 e. The second kappa shape index (κ2) is 9.01. The van der Waals surface area contributed by atoms with Gasteiger partial charge in [0, 0.05) is 6.20 Å². The molecule has 1 heterocycles. The van der Waals surface area contributed by atoms with Crippen molar-refractivity contribution >= 4 is 20.8 Å². The maximum Gasteiger partial charge on any atom is 0.451 e. The van der Waals surface area contributed by atoms with Gasteiger partial charge in [-0.05, 0) is 36.4 Å². The summed E-state index contributed by atoms with van der Waals surface area (Å²) in [4.78, 5) is 3.87. The molecule has 9 nitrogen and oxygen atoms in total. The second-order valence-electron chi connectivity index (χ2n) is 5.39. The van der Waals surface area contributed by atoms with E-state index in [1.54, 1.807) is 42.5 Å². The van der Waals surface area contributed by atoms with Crippen LogP contribution in [0.4, 0.5) is 0 Å². The van der Waals surface area contributed by atoms with Crippen LogP contribution in [0.5, 0.6) is 11.5 Å². The third-order valence-corrected chi connectivity index (χ3v) is 4.84. The molecule has 0 spiro atoms. The first kappa shape index (κ1) is 20.7. The van der Waals surface area contributed by atoms with Crippen LogP contribution in [0.1, 0.15) is 12.0 Å². The number of rotatable bonds is 9. The molecule has 0 bridgehead atoms. The molecule has 11 heteroatoms. The first-order chi connectivity index (χ1) is 13.8. The van der Waals surface area contributed by atoms with E-state index in [9.17, 15) is 16.8 Å². The zero-order chi connectivity index (χ0) is 20.7. The van der Waals surface area contributed by atoms with Gasteiger partial charge in [-0.25, -0.2) is 0 Å². The van der Waals surface area contributed by atoms with Crippen LogP contribution >= 0.6 is 0 Å². The van der Waals surface area contributed by atoms with Gasteiger partial charge >= 0.3 is 20.8 Å². The molecular weight excluding hydrogens is 422 g/mol. The molecular formula is C18H15NO8S2. The summed E-state index contributed by atoms with van der Waals surface area (Å²) in [6, 6.07) is 19.4. The van der Waals surface area contributed by atoms with Gasteiger partial charge in [0.05, 0.1) is 5.69 Å². The van der Waals surface area contributed by atoms with Gasteiger partial charge in [0.1, 0.15) is 11.5 Å². The quantitative estimate of drug-likeness (QED) is 0.466. The topological polar surface area (TPSA) is 118 Å². The Morgan fingerprint density at radius 3 is 1.48 bits per heavy atom. The van der Waals surface area contributed by atoms with E-state index in [0.717, 1.165) is 0 Å². The Morgan fingerprint density at radius 1 is 0.621 bits per heavy atom. The van der Waals surface area contributed by atoms with Crippen molar-refractivity contribution in [2.75, 3.05) is 0 Å². The lowest BCUT2D eigenvalue weighted by atomic mass is 10.3. The maximum atomic E-state index is 12.2. The molecule has 3 aromatic rings. The molecule has 152 valence electrons. The van der Waals surface area contributed by atoms with Crippen LogP contribution in [0.15, 0.2) is 85.1 Å². The molecule has 0 N–H and O–H groups in total. The normalized spacial score (nSPS) is 11.9. The standard InChI is InChI=1S/C18H15NO8S2/c20-28(21,24-15-9-3-1-4-10-15)26-18(17-13-7-8-14-19-17)27-29(22,23)25-16-11-5-2-6-12-16/h1-14,18H. The summed E-state index contributed by atoms with van der Waals surface area (Å²) in [6.45, 7) is 0. The van der Waals surface area contributed by atoms with Crippen LogP contribution in [0.25, 0.3) is 0 Å². The van der Waals surface area contributed by atoms with E-state index < -0.39 is 27.1 Å². The van der Waals surface area contributed by atoms with Crippen molar-refractivity contribution in [3.8, 4) is 11.5 Å². The highest BCUT2D eigenvalue weighted by Gasteiger charge is 2.31. The van der Waals surface area contributed by atoms with Gasteiger partial charge in [-0.15, -0.1) is 0 Å². The van der Waals surface area contributed by atoms with E-state index in [1.165, 1.54) is 42.6 Å². The molecule has 0 aliphatic rings. The molecule has 0 aliphatic carbocycles. The lowest BCUT2D eigenvalue weighted by molar-refractivity contribution is -0.00311. The third-order valence-electron chi connectivity index (χ3n) is 3.22. The minimum atomic E-state index is -4.71. The predicted octanol–water partition coefficient (Wildman–Crippen LogP) is 2.76. The Bertz CT molecular complexity index is 1050. The zero-order valence-electron chi connectivity index (χ0n) is 14.7. The van der Waals surface area contributed by atoms with E-state index in [-0.39, 0.29) is 17.2 Å². The summed E-state index contributed by atoms with van der Waals surface area (Å²) in [6.07, 6.45) is -0.664. The Morgan fingerprint density at radius 2 is 1.07 bits per heavy atom. The monoisotopic (exact) mass is 437 g/mol. The van der Waals surface area contributed by atoms with Gasteiger partial charge in [0.25, 0.3) is 0 Å². The first-order valence-electron chi connectivity index (χ1n) is 8.09. The first-order valence-corrected chi connectivity index (χ1v) is 10.8. The predicted molar refractivity (Wildman–Crippen MR) is 101 cm³/mol. The minimum absolute atomic E-state index is 0.0318. The molecule has 0 amide bonds. The number of benzene rings is 2. The highest BCUT2D eigenvalue weighted by molar-refractivity contribution is 7.82. The van der Waals surface area contributed by atoms with Gasteiger partial charge in [0.15, 0.2) is 0 Å². The fraction of sp³-hybridized carbons (Fsp3) is 0.0556. The molecule has 29 heavy (non-hydrogen) atoms. The van der Waals surface area contributed by atoms with Crippen LogP contribution in [0.2, 0.25) is 0 Å². The molecule has 0 fully saturated rings. The summed E-state index contributed by atoms with van der Waals surface area (Å²) in [7, 11) is -9.42. The molecule has 0 saturated heterocycles. The Labute approximate surface area is 168 Å². The number of hydrogen-bond acceptors (Lipinski definition) is 9. The van der Waals surface area contributed by atoms with Crippen LogP contribution in [0, 0.1) is 0 Å². The highest BCUT2D eigenvalue weighted by Crippen LogP contribution is 2.25. The fourth-order valence-electron chi connectivity index (χ4n) is 2.07. The fourth-order valence-corrected chi connectivity index (χ4v) is 3.60. The summed E-state index contributed by atoms with van der Waals surface area (Å²) in [5.74, 6) is -0.0636. The average Bonchev–Trinajstić information content (AvgIpc) is 2.68. The molecule has 0 aliphatic heterocycles. The molecule has 3 rings (SSSR count). The van der Waals surface area contributed by atoms with Gasteiger partial charge in [0.2, 0.25) is 6.29 Å². The number of nitrogens with zero attached hydrogens (tertiary/aromatic N) is 1. The summed E-state index contributed by atoms with van der Waals surface area (Å²) in [5, 5.41) is 0. The number of hydrogen-bond donors (Lipinski definition) is 0.